The summed E-state index contributed by atoms with van der Waals surface area (Å²) in [7, 11) is 0. The highest BCUT2D eigenvalue weighted by molar-refractivity contribution is 5.10. The van der Waals surface area contributed by atoms with Crippen molar-refractivity contribution >= 4 is 0 Å². The largest absolute Gasteiger partial charge is 0.354 e. The molecule has 0 unspecified atom stereocenters. The Morgan fingerprint density at radius 1 is 1.15 bits per heavy atom. The highest BCUT2D eigenvalue weighted by Crippen LogP contribution is 2.09. The van der Waals surface area contributed by atoms with Crippen LogP contribution in [0.15, 0.2) is 18.5 Å². The number of aromatic nitrogens is 1. The predicted octanol–water partition coefficient (Wildman–Crippen LogP) is 3.34. The lowest BCUT2D eigenvalue weighted by molar-refractivity contribution is 0.523. The molecule has 0 radical (unpaired) electrons. The molecule has 0 aliphatic carbocycles. The summed E-state index contributed by atoms with van der Waals surface area (Å²) in [6.45, 7) is 10.2. The van der Waals surface area contributed by atoms with E-state index >= 15 is 0 Å². The van der Waals surface area contributed by atoms with E-state index in [0.717, 1.165) is 18.4 Å². The van der Waals surface area contributed by atoms with Crippen LogP contribution in [0.5, 0.6) is 0 Å². The third-order valence-electron chi connectivity index (χ3n) is 2.03. The first-order valence-electron chi connectivity index (χ1n) is 5.22. The van der Waals surface area contributed by atoms with Crippen LogP contribution in [0, 0.1) is 11.8 Å². The zero-order chi connectivity index (χ0) is 9.84. The topological polar surface area (TPSA) is 4.93 Å². The maximum atomic E-state index is 2.29. The third-order valence-corrected chi connectivity index (χ3v) is 2.03. The van der Waals surface area contributed by atoms with Gasteiger partial charge in [-0.1, -0.05) is 27.7 Å². The average molecular weight is 179 g/mol. The second-order valence-corrected chi connectivity index (χ2v) is 4.71. The van der Waals surface area contributed by atoms with Crippen molar-refractivity contribution in [3.63, 3.8) is 0 Å². The van der Waals surface area contributed by atoms with Gasteiger partial charge in [0.25, 0.3) is 0 Å². The molecule has 1 rings (SSSR count). The standard InChI is InChI=1S/C12H21N/c1-10(2)7-12-5-6-13(9-12)8-11(3)4/h5-6,9-11H,7-8H2,1-4H3. The van der Waals surface area contributed by atoms with E-state index in [1.165, 1.54) is 12.0 Å². The summed E-state index contributed by atoms with van der Waals surface area (Å²) in [5.74, 6) is 1.49. The summed E-state index contributed by atoms with van der Waals surface area (Å²) >= 11 is 0. The number of hydrogen-bond acceptors (Lipinski definition) is 0. The summed E-state index contributed by atoms with van der Waals surface area (Å²) in [4.78, 5) is 0. The van der Waals surface area contributed by atoms with E-state index in [4.69, 9.17) is 0 Å². The van der Waals surface area contributed by atoms with Gasteiger partial charge in [0, 0.05) is 18.9 Å². The van der Waals surface area contributed by atoms with Crippen LogP contribution in [-0.4, -0.2) is 4.57 Å². The Labute approximate surface area is 81.8 Å². The normalized spacial score (nSPS) is 11.5. The fourth-order valence-electron chi connectivity index (χ4n) is 1.62. The van der Waals surface area contributed by atoms with Gasteiger partial charge >= 0.3 is 0 Å². The minimum atomic E-state index is 0.735. The highest BCUT2D eigenvalue weighted by atomic mass is 14.9. The molecule has 1 nitrogen and oxygen atoms in total. The van der Waals surface area contributed by atoms with Crippen LogP contribution in [-0.2, 0) is 13.0 Å². The molecule has 0 spiro atoms. The van der Waals surface area contributed by atoms with E-state index in [1.54, 1.807) is 0 Å². The van der Waals surface area contributed by atoms with E-state index in [-0.39, 0.29) is 0 Å². The molecule has 0 aliphatic heterocycles. The molecule has 0 N–H and O–H groups in total. The average Bonchev–Trinajstić information content (AvgIpc) is 2.33. The third kappa shape index (κ3) is 3.67. The quantitative estimate of drug-likeness (QED) is 0.668. The van der Waals surface area contributed by atoms with Gasteiger partial charge in [-0.15, -0.1) is 0 Å². The van der Waals surface area contributed by atoms with Crippen molar-refractivity contribution in [3.8, 4) is 0 Å². The van der Waals surface area contributed by atoms with Gasteiger partial charge in [-0.25, -0.2) is 0 Å². The summed E-state index contributed by atoms with van der Waals surface area (Å²) in [5.41, 5.74) is 1.47. The Morgan fingerprint density at radius 3 is 2.38 bits per heavy atom. The lowest BCUT2D eigenvalue weighted by Gasteiger charge is -2.05. The molecule has 1 heterocycles. The van der Waals surface area contributed by atoms with Gasteiger partial charge in [-0.05, 0) is 29.9 Å². The first-order chi connectivity index (χ1) is 6.08. The molecule has 0 saturated carbocycles. The Balaban J connectivity index is 2.53. The molecule has 1 aromatic rings. The molecule has 0 fully saturated rings. The lowest BCUT2D eigenvalue weighted by Crippen LogP contribution is -2.01. The van der Waals surface area contributed by atoms with Crippen molar-refractivity contribution in [2.75, 3.05) is 0 Å². The van der Waals surface area contributed by atoms with Crippen LogP contribution in [0.3, 0.4) is 0 Å². The smallest absolute Gasteiger partial charge is 0.0242 e. The van der Waals surface area contributed by atoms with Crippen molar-refractivity contribution in [3.05, 3.63) is 24.0 Å². The number of rotatable bonds is 4. The van der Waals surface area contributed by atoms with Crippen LogP contribution in [0.2, 0.25) is 0 Å². The van der Waals surface area contributed by atoms with Crippen molar-refractivity contribution in [1.29, 1.82) is 0 Å². The minimum absolute atomic E-state index is 0.735. The molecular formula is C12H21N. The van der Waals surface area contributed by atoms with Gasteiger partial charge in [0.15, 0.2) is 0 Å². The van der Waals surface area contributed by atoms with Crippen LogP contribution in [0.4, 0.5) is 0 Å². The highest BCUT2D eigenvalue weighted by Gasteiger charge is 2.01. The first kappa shape index (κ1) is 10.4. The molecule has 0 amide bonds. The van der Waals surface area contributed by atoms with Crippen LogP contribution in [0.25, 0.3) is 0 Å². The van der Waals surface area contributed by atoms with E-state index in [9.17, 15) is 0 Å². The summed E-state index contributed by atoms with van der Waals surface area (Å²) in [6.07, 6.45) is 5.67. The first-order valence-corrected chi connectivity index (χ1v) is 5.22. The van der Waals surface area contributed by atoms with Crippen molar-refractivity contribution < 1.29 is 0 Å². The van der Waals surface area contributed by atoms with Gasteiger partial charge in [0.05, 0.1) is 0 Å². The number of nitrogens with zero attached hydrogens (tertiary/aromatic N) is 1. The predicted molar refractivity (Wildman–Crippen MR) is 57.8 cm³/mol. The van der Waals surface area contributed by atoms with E-state index < -0.39 is 0 Å². The lowest BCUT2D eigenvalue weighted by atomic mass is 10.1. The maximum Gasteiger partial charge on any atom is 0.0242 e. The Hall–Kier alpha value is -0.720. The SMILES string of the molecule is CC(C)Cc1ccn(CC(C)C)c1. The Morgan fingerprint density at radius 2 is 1.85 bits per heavy atom. The molecule has 74 valence electrons. The number of hydrogen-bond donors (Lipinski definition) is 0. The maximum absolute atomic E-state index is 2.29. The van der Waals surface area contributed by atoms with Crippen molar-refractivity contribution in [2.45, 2.75) is 40.7 Å². The Bertz CT molecular complexity index is 221. The van der Waals surface area contributed by atoms with Gasteiger partial charge in [-0.2, -0.15) is 0 Å². The zero-order valence-electron chi connectivity index (χ0n) is 9.25. The van der Waals surface area contributed by atoms with Gasteiger partial charge < -0.3 is 4.57 Å². The van der Waals surface area contributed by atoms with Crippen LogP contribution in [0.1, 0.15) is 33.3 Å². The second kappa shape index (κ2) is 4.50. The second-order valence-electron chi connectivity index (χ2n) is 4.71. The van der Waals surface area contributed by atoms with E-state index in [2.05, 4.69) is 50.7 Å². The summed E-state index contributed by atoms with van der Waals surface area (Å²) in [5, 5.41) is 0. The molecular weight excluding hydrogens is 158 g/mol. The van der Waals surface area contributed by atoms with E-state index in [1.807, 2.05) is 0 Å². The molecule has 0 aliphatic rings. The molecule has 0 bridgehead atoms. The Kier molecular flexibility index (Phi) is 3.58. The van der Waals surface area contributed by atoms with Crippen molar-refractivity contribution in [1.82, 2.24) is 4.57 Å². The van der Waals surface area contributed by atoms with Gasteiger partial charge in [0.2, 0.25) is 0 Å². The van der Waals surface area contributed by atoms with Crippen LogP contribution >= 0.6 is 0 Å². The summed E-state index contributed by atoms with van der Waals surface area (Å²) < 4.78 is 2.29. The monoisotopic (exact) mass is 179 g/mol. The fourth-order valence-corrected chi connectivity index (χ4v) is 1.62. The minimum Gasteiger partial charge on any atom is -0.354 e. The molecule has 1 aromatic heterocycles. The van der Waals surface area contributed by atoms with Gasteiger partial charge in [-0.3, -0.25) is 0 Å². The summed E-state index contributed by atoms with van der Waals surface area (Å²) in [6, 6.07) is 2.24. The van der Waals surface area contributed by atoms with Crippen molar-refractivity contribution in [2.24, 2.45) is 11.8 Å². The fraction of sp³-hybridized carbons (Fsp3) is 0.667. The van der Waals surface area contributed by atoms with Crippen LogP contribution < -0.4 is 0 Å². The molecule has 1 heteroatoms. The molecule has 0 atom stereocenters. The van der Waals surface area contributed by atoms with E-state index in [0.29, 0.717) is 0 Å². The molecule has 0 saturated heterocycles. The molecule has 0 aromatic carbocycles. The zero-order valence-corrected chi connectivity index (χ0v) is 9.25. The van der Waals surface area contributed by atoms with Gasteiger partial charge in [0.1, 0.15) is 0 Å². The molecule has 13 heavy (non-hydrogen) atoms.